The highest BCUT2D eigenvalue weighted by Gasteiger charge is 2.29. The fraction of sp³-hybridized carbons (Fsp3) is 0.294. The number of phenolic OH excluding ortho intramolecular Hbond substituents is 1. The molecule has 0 saturated carbocycles. The van der Waals surface area contributed by atoms with Crippen LogP contribution in [-0.4, -0.2) is 42.2 Å². The van der Waals surface area contributed by atoms with Crippen molar-refractivity contribution in [3.63, 3.8) is 0 Å². The lowest BCUT2D eigenvalue weighted by atomic mass is 10.1. The second-order valence-electron chi connectivity index (χ2n) is 5.05. The molecule has 0 radical (unpaired) electrons. The van der Waals surface area contributed by atoms with Gasteiger partial charge in [0.25, 0.3) is 11.4 Å². The maximum Gasteiger partial charge on any atom is 0.287 e. The third-order valence-electron chi connectivity index (χ3n) is 3.28. The molecule has 2 rings (SSSR count). The number of ketones is 1. The van der Waals surface area contributed by atoms with Crippen molar-refractivity contribution in [1.29, 1.82) is 0 Å². The highest BCUT2D eigenvalue weighted by Crippen LogP contribution is 2.34. The van der Waals surface area contributed by atoms with Gasteiger partial charge in [-0.05, 0) is 19.1 Å². The molecule has 0 fully saturated rings. The number of hydrogen-bond donors (Lipinski definition) is 2. The molecule has 0 amide bonds. The van der Waals surface area contributed by atoms with Gasteiger partial charge in [-0.15, -0.1) is 0 Å². The van der Waals surface area contributed by atoms with E-state index in [1.807, 2.05) is 12.2 Å². The van der Waals surface area contributed by atoms with E-state index >= 15 is 0 Å². The summed E-state index contributed by atoms with van der Waals surface area (Å²) in [5, 5.41) is 10.1. The van der Waals surface area contributed by atoms with E-state index in [2.05, 4.69) is 5.48 Å². The van der Waals surface area contributed by atoms with Crippen molar-refractivity contribution in [3.05, 3.63) is 42.2 Å². The fourth-order valence-corrected chi connectivity index (χ4v) is 2.28. The Labute approximate surface area is 140 Å². The van der Waals surface area contributed by atoms with E-state index in [-0.39, 0.29) is 18.1 Å². The molecule has 0 aromatic heterocycles. The van der Waals surface area contributed by atoms with Crippen LogP contribution in [-0.2, 0) is 19.2 Å². The topological polar surface area (TPSA) is 80.0 Å². The molecule has 128 valence electrons. The van der Waals surface area contributed by atoms with E-state index in [0.717, 1.165) is 0 Å². The molecule has 1 aliphatic carbocycles. The maximum absolute atomic E-state index is 11.2. The lowest BCUT2D eigenvalue weighted by Crippen LogP contribution is -2.23. The summed E-state index contributed by atoms with van der Waals surface area (Å²) in [4.78, 5) is 21.6. The molecule has 1 aromatic carbocycles. The first-order valence-electron chi connectivity index (χ1n) is 7.39. The molecular weight excluding hydrogens is 312 g/mol. The minimum Gasteiger partial charge on any atom is -0.505 e. The summed E-state index contributed by atoms with van der Waals surface area (Å²) in [5.74, 6) is 0.465. The zero-order chi connectivity index (χ0) is 17.5. The third kappa shape index (κ3) is 3.94. The van der Waals surface area contributed by atoms with Gasteiger partial charge in [0, 0.05) is 10.8 Å². The van der Waals surface area contributed by atoms with Gasteiger partial charge < -0.3 is 9.84 Å². The number of carbonyl (C=O) groups excluding carboxylic acids is 1. The molecular formula is C17H21N2O5+. The van der Waals surface area contributed by atoms with E-state index in [0.29, 0.717) is 29.3 Å². The van der Waals surface area contributed by atoms with Gasteiger partial charge in [-0.25, -0.2) is 0 Å². The molecule has 0 atom stereocenters. The van der Waals surface area contributed by atoms with Crippen LogP contribution in [0.4, 0.5) is 11.4 Å². The predicted molar refractivity (Wildman–Crippen MR) is 89.1 cm³/mol. The lowest BCUT2D eigenvalue weighted by Gasteiger charge is -2.14. The Balaban J connectivity index is 2.50. The van der Waals surface area contributed by atoms with Gasteiger partial charge in [0.1, 0.15) is 19.5 Å². The summed E-state index contributed by atoms with van der Waals surface area (Å²) in [5.41, 5.74) is 4.25. The molecule has 1 aromatic rings. The Kier molecular flexibility index (Phi) is 5.97. The Morgan fingerprint density at radius 1 is 1.38 bits per heavy atom. The molecule has 0 aliphatic heterocycles. The van der Waals surface area contributed by atoms with Gasteiger partial charge in [-0.2, -0.15) is 0 Å². The zero-order valence-corrected chi connectivity index (χ0v) is 13.9. The molecule has 0 heterocycles. The smallest absolute Gasteiger partial charge is 0.287 e. The average Bonchev–Trinajstić information content (AvgIpc) is 2.57. The van der Waals surface area contributed by atoms with Crippen molar-refractivity contribution in [2.75, 3.05) is 26.3 Å². The number of nitrogens with zero attached hydrogens (tertiary/aromatic N) is 1. The SMILES string of the molecule is CONc1c(O)cccc1/[N+](OC)=C1\CC=CC=C1OCC(C)=O. The molecule has 0 spiro atoms. The molecule has 0 bridgehead atoms. The summed E-state index contributed by atoms with van der Waals surface area (Å²) in [6.07, 6.45) is 6.09. The Hall–Kier alpha value is -2.80. The second kappa shape index (κ2) is 8.16. The first kappa shape index (κ1) is 17.6. The van der Waals surface area contributed by atoms with Gasteiger partial charge in [0.05, 0.1) is 13.5 Å². The van der Waals surface area contributed by atoms with Gasteiger partial charge in [-0.3, -0.25) is 19.9 Å². The first-order chi connectivity index (χ1) is 11.6. The van der Waals surface area contributed by atoms with Crippen molar-refractivity contribution < 1.29 is 29.1 Å². The number of ether oxygens (including phenoxy) is 1. The van der Waals surface area contributed by atoms with Crippen LogP contribution in [0, 0.1) is 0 Å². The van der Waals surface area contributed by atoms with Crippen LogP contribution in [0.1, 0.15) is 13.3 Å². The van der Waals surface area contributed by atoms with Gasteiger partial charge in [-0.1, -0.05) is 18.2 Å². The molecule has 7 heteroatoms. The number of phenols is 1. The van der Waals surface area contributed by atoms with Crippen LogP contribution in [0.2, 0.25) is 0 Å². The zero-order valence-electron chi connectivity index (χ0n) is 13.9. The van der Waals surface area contributed by atoms with Crippen LogP contribution >= 0.6 is 0 Å². The number of rotatable bonds is 7. The van der Waals surface area contributed by atoms with E-state index < -0.39 is 0 Å². The number of para-hydroxylation sites is 1. The molecule has 7 nitrogen and oxygen atoms in total. The summed E-state index contributed by atoms with van der Waals surface area (Å²) in [7, 11) is 2.96. The largest absolute Gasteiger partial charge is 0.505 e. The van der Waals surface area contributed by atoms with Gasteiger partial charge in [0.2, 0.25) is 0 Å². The summed E-state index contributed by atoms with van der Waals surface area (Å²) in [6.45, 7) is 1.44. The lowest BCUT2D eigenvalue weighted by molar-refractivity contribution is -0.720. The summed E-state index contributed by atoms with van der Waals surface area (Å²) >= 11 is 0. The minimum absolute atomic E-state index is 0.0125. The number of Topliss-reactive ketones (excluding diaryl/α,β-unsaturated/α-hetero) is 1. The van der Waals surface area contributed by atoms with Crippen molar-refractivity contribution >= 4 is 22.9 Å². The molecule has 0 saturated heterocycles. The first-order valence-corrected chi connectivity index (χ1v) is 7.39. The number of hydrogen-bond acceptors (Lipinski definition) is 6. The monoisotopic (exact) mass is 333 g/mol. The van der Waals surface area contributed by atoms with Crippen LogP contribution in [0.3, 0.4) is 0 Å². The standard InChI is InChI=1S/C17H20N2O5/c1-12(20)11-24-16-10-5-4-7-13(16)19(23-3)14-8-6-9-15(21)17(14)18-22-2/h4-6,8-10,18H,7,11H2,1-3H3/p+1/b19-13-. The molecule has 2 N–H and O–H groups in total. The highest BCUT2D eigenvalue weighted by molar-refractivity contribution is 5.98. The Bertz CT molecular complexity index is 707. The van der Waals surface area contributed by atoms with Gasteiger partial charge >= 0.3 is 0 Å². The number of anilines is 1. The Morgan fingerprint density at radius 2 is 2.17 bits per heavy atom. The number of aromatic hydroxyl groups is 1. The van der Waals surface area contributed by atoms with Crippen LogP contribution < -0.4 is 5.48 Å². The minimum atomic E-state index is -0.0761. The third-order valence-corrected chi connectivity index (χ3v) is 3.28. The number of benzene rings is 1. The van der Waals surface area contributed by atoms with Crippen molar-refractivity contribution in [3.8, 4) is 5.75 Å². The van der Waals surface area contributed by atoms with E-state index in [1.54, 1.807) is 18.2 Å². The number of carbonyl (C=O) groups is 1. The van der Waals surface area contributed by atoms with Gasteiger partial charge in [0.15, 0.2) is 17.2 Å². The summed E-state index contributed by atoms with van der Waals surface area (Å²) < 4.78 is 7.10. The number of nitrogens with one attached hydrogen (secondary N) is 1. The van der Waals surface area contributed by atoms with Crippen LogP contribution in [0.5, 0.6) is 5.75 Å². The molecule has 1 aliphatic rings. The molecule has 24 heavy (non-hydrogen) atoms. The van der Waals surface area contributed by atoms with E-state index in [4.69, 9.17) is 14.4 Å². The van der Waals surface area contributed by atoms with Crippen molar-refractivity contribution in [2.24, 2.45) is 0 Å². The highest BCUT2D eigenvalue weighted by atomic mass is 16.7. The molecule has 0 unspecified atom stereocenters. The van der Waals surface area contributed by atoms with Crippen molar-refractivity contribution in [2.45, 2.75) is 13.3 Å². The van der Waals surface area contributed by atoms with E-state index in [1.165, 1.54) is 31.9 Å². The maximum atomic E-state index is 11.2. The van der Waals surface area contributed by atoms with Crippen molar-refractivity contribution in [1.82, 2.24) is 0 Å². The normalized spacial score (nSPS) is 15.5. The summed E-state index contributed by atoms with van der Waals surface area (Å²) in [6, 6.07) is 4.99. The number of allylic oxidation sites excluding steroid dienone is 4. The predicted octanol–water partition coefficient (Wildman–Crippen LogP) is 2.46. The van der Waals surface area contributed by atoms with Crippen LogP contribution in [0.15, 0.2) is 42.2 Å². The Morgan fingerprint density at radius 3 is 2.83 bits per heavy atom. The average molecular weight is 333 g/mol. The van der Waals surface area contributed by atoms with Crippen LogP contribution in [0.25, 0.3) is 0 Å². The second-order valence-corrected chi connectivity index (χ2v) is 5.05. The van der Waals surface area contributed by atoms with E-state index in [9.17, 15) is 9.90 Å². The quantitative estimate of drug-likeness (QED) is 0.453. The fourth-order valence-electron chi connectivity index (χ4n) is 2.28.